The van der Waals surface area contributed by atoms with E-state index in [0.29, 0.717) is 0 Å². The van der Waals surface area contributed by atoms with E-state index in [1.807, 2.05) is 0 Å². The van der Waals surface area contributed by atoms with Crippen molar-refractivity contribution in [2.45, 2.75) is 20.0 Å². The molecule has 33 heavy (non-hydrogen) atoms. The summed E-state index contributed by atoms with van der Waals surface area (Å²) >= 11 is 0. The number of fused-ring (bicyclic) bond motifs is 1. The molecule has 0 saturated carbocycles. The quantitative estimate of drug-likeness (QED) is 0.104. The number of H-pyrrole nitrogens is 1. The number of carbonyl (C=O) groups is 1. The average molecular weight is 495 g/mol. The molecule has 6 nitrogen and oxygen atoms in total. The molecule has 3 aromatic rings. The number of carbonyl (C=O) groups excluding carboxylic acids is 1. The Bertz CT molecular complexity index is 1240. The molecule has 0 aliphatic heterocycles. The molecule has 3 rings (SSSR count). The SMILES string of the molecule is CCOP(=O)(Cc1cc2cc(C(=O)Oc3c(F)c(F)c(F)c(F)c3F)[nH]c2cc1F)OCC. The highest BCUT2D eigenvalue weighted by molar-refractivity contribution is 7.53. The zero-order valence-electron chi connectivity index (χ0n) is 17.1. The normalized spacial score (nSPS) is 11.9. The van der Waals surface area contributed by atoms with Gasteiger partial charge in [-0.25, -0.2) is 22.4 Å². The molecule has 0 fully saturated rings. The van der Waals surface area contributed by atoms with E-state index < -0.39 is 66.1 Å². The molecule has 0 amide bonds. The minimum atomic E-state index is -3.66. The van der Waals surface area contributed by atoms with E-state index in [4.69, 9.17) is 9.05 Å². The summed E-state index contributed by atoms with van der Waals surface area (Å²) in [6.07, 6.45) is -0.411. The Morgan fingerprint density at radius 1 is 0.879 bits per heavy atom. The second-order valence-corrected chi connectivity index (χ2v) is 8.66. The average Bonchev–Trinajstić information content (AvgIpc) is 3.17. The Balaban J connectivity index is 1.94. The lowest BCUT2D eigenvalue weighted by Crippen LogP contribution is -2.14. The number of nitrogens with one attached hydrogen (secondary N) is 1. The van der Waals surface area contributed by atoms with Crippen molar-refractivity contribution in [1.29, 1.82) is 0 Å². The molecule has 0 aliphatic rings. The lowest BCUT2D eigenvalue weighted by Gasteiger charge is -2.17. The van der Waals surface area contributed by atoms with Crippen LogP contribution in [-0.4, -0.2) is 24.2 Å². The van der Waals surface area contributed by atoms with Crippen molar-refractivity contribution >= 4 is 24.5 Å². The van der Waals surface area contributed by atoms with Gasteiger partial charge in [-0.05, 0) is 32.0 Å². The molecule has 0 bridgehead atoms. The predicted molar refractivity (Wildman–Crippen MR) is 104 cm³/mol. The number of aromatic amines is 1. The second kappa shape index (κ2) is 9.58. The van der Waals surface area contributed by atoms with Crippen LogP contribution in [0.1, 0.15) is 29.9 Å². The van der Waals surface area contributed by atoms with E-state index >= 15 is 0 Å². The largest absolute Gasteiger partial charge is 0.415 e. The van der Waals surface area contributed by atoms with E-state index in [0.717, 1.165) is 12.1 Å². The zero-order chi connectivity index (χ0) is 24.5. The summed E-state index contributed by atoms with van der Waals surface area (Å²) in [5.41, 5.74) is -0.488. The van der Waals surface area contributed by atoms with Crippen molar-refractivity contribution in [1.82, 2.24) is 4.98 Å². The van der Waals surface area contributed by atoms with E-state index in [9.17, 15) is 35.7 Å². The maximum atomic E-state index is 14.5. The highest BCUT2D eigenvalue weighted by atomic mass is 31.2. The van der Waals surface area contributed by atoms with Gasteiger partial charge < -0.3 is 18.8 Å². The first-order valence-electron chi connectivity index (χ1n) is 9.44. The van der Waals surface area contributed by atoms with E-state index in [2.05, 4.69) is 9.72 Å². The van der Waals surface area contributed by atoms with Crippen LogP contribution >= 0.6 is 7.60 Å². The first kappa shape index (κ1) is 24.8. The van der Waals surface area contributed by atoms with Crippen LogP contribution in [0.25, 0.3) is 10.9 Å². The Morgan fingerprint density at radius 3 is 1.97 bits per heavy atom. The molecule has 1 aromatic heterocycles. The summed E-state index contributed by atoms with van der Waals surface area (Å²) in [6.45, 7) is 3.28. The maximum absolute atomic E-state index is 14.5. The smallest absolute Gasteiger partial charge is 0.360 e. The number of benzene rings is 2. The van der Waals surface area contributed by atoms with Gasteiger partial charge in [0.25, 0.3) is 0 Å². The number of esters is 1. The number of hydrogen-bond acceptors (Lipinski definition) is 5. The second-order valence-electron chi connectivity index (χ2n) is 6.61. The molecule has 13 heteroatoms. The molecule has 0 radical (unpaired) electrons. The number of aromatic nitrogens is 1. The third-order valence-corrected chi connectivity index (χ3v) is 6.42. The van der Waals surface area contributed by atoms with Crippen molar-refractivity contribution in [3.8, 4) is 5.75 Å². The van der Waals surface area contributed by atoms with Crippen LogP contribution in [0.2, 0.25) is 0 Å². The molecular formula is C20H16F6NO5P. The fraction of sp³-hybridized carbons (Fsp3) is 0.250. The Kier molecular flexibility index (Phi) is 7.20. The summed E-state index contributed by atoms with van der Waals surface area (Å²) < 4.78 is 109. The van der Waals surface area contributed by atoms with Crippen LogP contribution in [0, 0.1) is 34.9 Å². The van der Waals surface area contributed by atoms with Gasteiger partial charge in [-0.1, -0.05) is 0 Å². The molecule has 0 aliphatic carbocycles. The number of halogens is 6. The molecule has 2 aromatic carbocycles. The topological polar surface area (TPSA) is 77.6 Å². The third-order valence-electron chi connectivity index (χ3n) is 4.39. The van der Waals surface area contributed by atoms with E-state index in [1.165, 1.54) is 6.07 Å². The van der Waals surface area contributed by atoms with E-state index in [-0.39, 0.29) is 29.7 Å². The van der Waals surface area contributed by atoms with Crippen LogP contribution < -0.4 is 4.74 Å². The van der Waals surface area contributed by atoms with Crippen LogP contribution in [0.3, 0.4) is 0 Å². The lowest BCUT2D eigenvalue weighted by atomic mass is 10.1. The molecule has 1 heterocycles. The number of rotatable bonds is 8. The molecule has 0 saturated heterocycles. The predicted octanol–water partition coefficient (Wildman–Crippen LogP) is 5.99. The summed E-state index contributed by atoms with van der Waals surface area (Å²) in [5.74, 6) is -15.7. The summed E-state index contributed by atoms with van der Waals surface area (Å²) in [5, 5.41) is 0.204. The minimum absolute atomic E-state index is 0.0447. The Hall–Kier alpha value is -2.82. The van der Waals surface area contributed by atoms with Crippen LogP contribution in [-0.2, 0) is 19.8 Å². The van der Waals surface area contributed by atoms with Gasteiger partial charge in [0.1, 0.15) is 11.5 Å². The van der Waals surface area contributed by atoms with Crippen LogP contribution in [0.15, 0.2) is 18.2 Å². The third kappa shape index (κ3) is 4.92. The summed E-state index contributed by atoms with van der Waals surface area (Å²) in [7, 11) is -3.66. The molecule has 0 unspecified atom stereocenters. The molecule has 0 atom stereocenters. The standard InChI is InChI=1S/C20H16F6NO5P/c1-3-30-33(29,31-4-2)8-10-5-9-6-13(27-12(9)7-11(10)21)20(28)32-19-17(25)15(23)14(22)16(24)18(19)26/h5-7,27H,3-4,8H2,1-2H3. The molecule has 0 spiro atoms. The van der Waals surface area contributed by atoms with Gasteiger partial charge in [0.2, 0.25) is 34.8 Å². The summed E-state index contributed by atoms with van der Waals surface area (Å²) in [6, 6.07) is 3.29. The highest BCUT2D eigenvalue weighted by Crippen LogP contribution is 2.51. The minimum Gasteiger partial charge on any atom is -0.415 e. The highest BCUT2D eigenvalue weighted by Gasteiger charge is 2.30. The van der Waals surface area contributed by atoms with Crippen molar-refractivity contribution < 1.29 is 49.5 Å². The molecular weight excluding hydrogens is 479 g/mol. The van der Waals surface area contributed by atoms with E-state index in [1.54, 1.807) is 13.8 Å². The van der Waals surface area contributed by atoms with Gasteiger partial charge in [-0.2, -0.15) is 8.78 Å². The van der Waals surface area contributed by atoms with Gasteiger partial charge in [-0.3, -0.25) is 4.57 Å². The van der Waals surface area contributed by atoms with Gasteiger partial charge >= 0.3 is 13.6 Å². The van der Waals surface area contributed by atoms with Crippen molar-refractivity contribution in [3.63, 3.8) is 0 Å². The first-order valence-corrected chi connectivity index (χ1v) is 11.2. The van der Waals surface area contributed by atoms with Gasteiger partial charge in [-0.15, -0.1) is 0 Å². The maximum Gasteiger partial charge on any atom is 0.360 e. The Morgan fingerprint density at radius 2 is 1.42 bits per heavy atom. The van der Waals surface area contributed by atoms with Crippen LogP contribution in [0.5, 0.6) is 5.75 Å². The number of hydrogen-bond donors (Lipinski definition) is 1. The molecule has 1 N–H and O–H groups in total. The van der Waals surface area contributed by atoms with Crippen LogP contribution in [0.4, 0.5) is 26.3 Å². The number of ether oxygens (including phenoxy) is 1. The zero-order valence-corrected chi connectivity index (χ0v) is 18.0. The van der Waals surface area contributed by atoms with Gasteiger partial charge in [0.05, 0.1) is 19.4 Å². The molecule has 178 valence electrons. The fourth-order valence-corrected chi connectivity index (χ4v) is 4.69. The first-order chi connectivity index (χ1) is 15.5. The fourth-order valence-electron chi connectivity index (χ4n) is 2.99. The van der Waals surface area contributed by atoms with Crippen molar-refractivity contribution in [3.05, 3.63) is 64.4 Å². The lowest BCUT2D eigenvalue weighted by molar-refractivity contribution is 0.0710. The van der Waals surface area contributed by atoms with Gasteiger partial charge in [0.15, 0.2) is 0 Å². The Labute approximate surface area is 183 Å². The van der Waals surface area contributed by atoms with Crippen molar-refractivity contribution in [2.75, 3.05) is 13.2 Å². The summed E-state index contributed by atoms with van der Waals surface area (Å²) in [4.78, 5) is 14.7. The van der Waals surface area contributed by atoms with Gasteiger partial charge in [0, 0.05) is 16.5 Å². The van der Waals surface area contributed by atoms with Crippen molar-refractivity contribution in [2.24, 2.45) is 0 Å². The monoisotopic (exact) mass is 495 g/mol.